The van der Waals surface area contributed by atoms with Crippen molar-refractivity contribution in [1.29, 1.82) is 5.26 Å². The summed E-state index contributed by atoms with van der Waals surface area (Å²) >= 11 is 0. The number of nitriles is 1. The first-order valence-corrected chi connectivity index (χ1v) is 7.74. The minimum Gasteiger partial charge on any atom is -0.478 e. The molecule has 3 aromatic rings. The molecule has 0 unspecified atom stereocenters. The normalized spacial score (nSPS) is 11.1. The zero-order chi connectivity index (χ0) is 20.3. The molecule has 0 saturated carbocycles. The van der Waals surface area contributed by atoms with E-state index in [1.165, 1.54) is 24.4 Å². The summed E-state index contributed by atoms with van der Waals surface area (Å²) in [6.07, 6.45) is -2.10. The van der Waals surface area contributed by atoms with E-state index < -0.39 is 17.7 Å². The minimum absolute atomic E-state index is 0.00675. The van der Waals surface area contributed by atoms with Crippen LogP contribution in [0.2, 0.25) is 0 Å². The Balaban J connectivity index is 1.80. The molecule has 0 amide bonds. The average molecular weight is 388 g/mol. The lowest BCUT2D eigenvalue weighted by molar-refractivity contribution is -0.137. The van der Waals surface area contributed by atoms with Gasteiger partial charge >= 0.3 is 12.1 Å². The van der Waals surface area contributed by atoms with Crippen molar-refractivity contribution in [3.8, 4) is 12.0 Å². The second-order valence-electron chi connectivity index (χ2n) is 5.58. The molecule has 2 aromatic heterocycles. The van der Waals surface area contributed by atoms with E-state index in [4.69, 9.17) is 10.4 Å². The number of alkyl halides is 3. The maximum Gasteiger partial charge on any atom is 0.416 e. The molecule has 0 atom stereocenters. The van der Waals surface area contributed by atoms with Crippen molar-refractivity contribution >= 4 is 11.8 Å². The van der Waals surface area contributed by atoms with Crippen molar-refractivity contribution in [1.82, 2.24) is 19.7 Å². The molecular weight excluding hydrogens is 377 g/mol. The lowest BCUT2D eigenvalue weighted by Crippen LogP contribution is -2.09. The van der Waals surface area contributed by atoms with E-state index in [2.05, 4.69) is 20.4 Å². The first-order chi connectivity index (χ1) is 13.3. The van der Waals surface area contributed by atoms with E-state index in [1.54, 1.807) is 0 Å². The van der Waals surface area contributed by atoms with Crippen LogP contribution in [0, 0.1) is 11.3 Å². The molecule has 3 rings (SSSR count). The van der Waals surface area contributed by atoms with Gasteiger partial charge in [-0.3, -0.25) is 0 Å². The van der Waals surface area contributed by atoms with Gasteiger partial charge in [0.1, 0.15) is 17.6 Å². The number of aromatic carboxylic acids is 1. The Morgan fingerprint density at radius 1 is 1.25 bits per heavy atom. The van der Waals surface area contributed by atoms with Crippen LogP contribution in [0.3, 0.4) is 0 Å². The number of carbonyl (C=O) groups is 1. The number of aromatic nitrogens is 4. The summed E-state index contributed by atoms with van der Waals surface area (Å²) in [7, 11) is 0. The first-order valence-electron chi connectivity index (χ1n) is 7.74. The van der Waals surface area contributed by atoms with Crippen molar-refractivity contribution < 1.29 is 23.1 Å². The fraction of sp³-hybridized carbons (Fsp3) is 0.118. The van der Waals surface area contributed by atoms with Gasteiger partial charge in [-0.05, 0) is 17.7 Å². The largest absolute Gasteiger partial charge is 0.478 e. The highest BCUT2D eigenvalue weighted by molar-refractivity contribution is 5.86. The van der Waals surface area contributed by atoms with Crippen LogP contribution in [0.4, 0.5) is 19.0 Å². The molecule has 0 aliphatic carbocycles. The maximum absolute atomic E-state index is 12.6. The molecule has 0 bridgehead atoms. The third-order valence-electron chi connectivity index (χ3n) is 3.62. The lowest BCUT2D eigenvalue weighted by Gasteiger charge is -2.10. The second kappa shape index (κ2) is 7.36. The van der Waals surface area contributed by atoms with E-state index in [0.717, 1.165) is 23.0 Å². The van der Waals surface area contributed by atoms with Crippen molar-refractivity contribution in [3.05, 3.63) is 65.1 Å². The topological polar surface area (TPSA) is 117 Å². The predicted molar refractivity (Wildman–Crippen MR) is 89.6 cm³/mol. The third kappa shape index (κ3) is 4.24. The predicted octanol–water partition coefficient (Wildman–Crippen LogP) is 2.86. The van der Waals surface area contributed by atoms with Crippen LogP contribution in [0.25, 0.3) is 5.95 Å². The number of rotatable bonds is 5. The zero-order valence-corrected chi connectivity index (χ0v) is 14.0. The van der Waals surface area contributed by atoms with E-state index in [9.17, 15) is 18.0 Å². The molecule has 0 aliphatic rings. The smallest absolute Gasteiger partial charge is 0.416 e. The molecule has 0 saturated heterocycles. The summed E-state index contributed by atoms with van der Waals surface area (Å²) in [5, 5.41) is 24.8. The van der Waals surface area contributed by atoms with Crippen LogP contribution in [-0.4, -0.2) is 30.8 Å². The molecule has 2 heterocycles. The van der Waals surface area contributed by atoms with Crippen molar-refractivity contribution in [2.45, 2.75) is 12.7 Å². The Hall–Kier alpha value is -3.94. The van der Waals surface area contributed by atoms with E-state index in [1.807, 2.05) is 6.07 Å². The number of hydrogen-bond acceptors (Lipinski definition) is 6. The van der Waals surface area contributed by atoms with Gasteiger partial charge in [-0.1, -0.05) is 12.1 Å². The van der Waals surface area contributed by atoms with Gasteiger partial charge in [-0.2, -0.15) is 28.5 Å². The van der Waals surface area contributed by atoms with Gasteiger partial charge in [-0.25, -0.2) is 14.5 Å². The number of carboxylic acid groups (broad SMARTS) is 1. The minimum atomic E-state index is -4.41. The molecule has 0 spiro atoms. The van der Waals surface area contributed by atoms with Crippen LogP contribution in [0.1, 0.15) is 27.2 Å². The number of hydrogen-bond donors (Lipinski definition) is 2. The molecule has 2 N–H and O–H groups in total. The standard InChI is InChI=1S/C17H11F3N6O2/c18-17(19,20)12-3-1-10(2-4-12)7-22-14-5-13(6-21)24-16(25-14)26-9-11(8-23-26)15(27)28/h1-5,8-9H,7H2,(H,27,28)(H,22,24,25). The van der Waals surface area contributed by atoms with Crippen molar-refractivity contribution in [3.63, 3.8) is 0 Å². The number of anilines is 1. The molecule has 28 heavy (non-hydrogen) atoms. The van der Waals surface area contributed by atoms with Gasteiger partial charge in [-0.15, -0.1) is 0 Å². The van der Waals surface area contributed by atoms with Crippen LogP contribution in [0.5, 0.6) is 0 Å². The Labute approximate surface area is 155 Å². The van der Waals surface area contributed by atoms with Crippen LogP contribution in [-0.2, 0) is 12.7 Å². The highest BCUT2D eigenvalue weighted by Gasteiger charge is 2.29. The molecule has 8 nitrogen and oxygen atoms in total. The molecule has 142 valence electrons. The molecule has 0 fully saturated rings. The highest BCUT2D eigenvalue weighted by Crippen LogP contribution is 2.29. The van der Waals surface area contributed by atoms with E-state index in [-0.39, 0.29) is 29.6 Å². The Bertz CT molecular complexity index is 1050. The molecule has 11 heteroatoms. The van der Waals surface area contributed by atoms with E-state index >= 15 is 0 Å². The number of halogens is 3. The molecule has 0 aliphatic heterocycles. The van der Waals surface area contributed by atoms with Crippen LogP contribution >= 0.6 is 0 Å². The summed E-state index contributed by atoms with van der Waals surface area (Å²) in [4.78, 5) is 19.1. The van der Waals surface area contributed by atoms with Gasteiger partial charge in [0, 0.05) is 18.8 Å². The number of benzene rings is 1. The quantitative estimate of drug-likeness (QED) is 0.690. The zero-order valence-electron chi connectivity index (χ0n) is 14.0. The lowest BCUT2D eigenvalue weighted by atomic mass is 10.1. The number of nitrogens with one attached hydrogen (secondary N) is 1. The number of nitrogens with zero attached hydrogens (tertiary/aromatic N) is 5. The third-order valence-corrected chi connectivity index (χ3v) is 3.62. The highest BCUT2D eigenvalue weighted by atomic mass is 19.4. The molecule has 1 aromatic carbocycles. The van der Waals surface area contributed by atoms with Gasteiger partial charge < -0.3 is 10.4 Å². The summed E-state index contributed by atoms with van der Waals surface area (Å²) in [5.41, 5.74) is -0.253. The summed E-state index contributed by atoms with van der Waals surface area (Å²) < 4.78 is 38.9. The second-order valence-corrected chi connectivity index (χ2v) is 5.58. The summed E-state index contributed by atoms with van der Waals surface area (Å²) in [6.45, 7) is 0.152. The van der Waals surface area contributed by atoms with Gasteiger partial charge in [0.25, 0.3) is 5.95 Å². The van der Waals surface area contributed by atoms with Crippen LogP contribution in [0.15, 0.2) is 42.7 Å². The summed E-state index contributed by atoms with van der Waals surface area (Å²) in [6, 6.07) is 7.82. The van der Waals surface area contributed by atoms with Crippen molar-refractivity contribution in [2.24, 2.45) is 0 Å². The Morgan fingerprint density at radius 3 is 2.54 bits per heavy atom. The van der Waals surface area contributed by atoms with Crippen LogP contribution < -0.4 is 5.32 Å². The Kier molecular flexibility index (Phi) is 4.95. The first kappa shape index (κ1) is 18.8. The average Bonchev–Trinajstić information content (AvgIpc) is 3.16. The van der Waals surface area contributed by atoms with E-state index in [0.29, 0.717) is 5.56 Å². The molecular formula is C17H11F3N6O2. The van der Waals surface area contributed by atoms with Crippen molar-refractivity contribution in [2.75, 3.05) is 5.32 Å². The Morgan fingerprint density at radius 2 is 1.96 bits per heavy atom. The van der Waals surface area contributed by atoms with Gasteiger partial charge in [0.2, 0.25) is 0 Å². The van der Waals surface area contributed by atoms with Gasteiger partial charge in [0.05, 0.1) is 17.3 Å². The SMILES string of the molecule is N#Cc1cc(NCc2ccc(C(F)(F)F)cc2)nc(-n2cc(C(=O)O)cn2)n1. The van der Waals surface area contributed by atoms with Gasteiger partial charge in [0.15, 0.2) is 0 Å². The number of carboxylic acids is 1. The monoisotopic (exact) mass is 388 g/mol. The fourth-order valence-electron chi connectivity index (χ4n) is 2.23. The fourth-order valence-corrected chi connectivity index (χ4v) is 2.23. The summed E-state index contributed by atoms with van der Waals surface area (Å²) in [5.74, 6) is -0.973. The molecule has 0 radical (unpaired) electrons. The maximum atomic E-state index is 12.6.